The fraction of sp³-hybridized carbons (Fsp3) is 0.294. The molecule has 1 N–H and O–H groups in total. The summed E-state index contributed by atoms with van der Waals surface area (Å²) >= 11 is 0. The van der Waals surface area contributed by atoms with Gasteiger partial charge in [0.05, 0.1) is 0 Å². The van der Waals surface area contributed by atoms with Gasteiger partial charge in [-0.15, -0.1) is 0 Å². The molecule has 0 fully saturated rings. The number of hydrogen-bond acceptors (Lipinski definition) is 1. The second-order valence-electron chi connectivity index (χ2n) is 5.19. The number of aryl methyl sites for hydroxylation is 2. The Bertz CT molecular complexity index is 550. The molecule has 0 aliphatic heterocycles. The van der Waals surface area contributed by atoms with Gasteiger partial charge < -0.3 is 5.11 Å². The van der Waals surface area contributed by atoms with E-state index in [0.29, 0.717) is 0 Å². The minimum absolute atomic E-state index is 0.932. The molecule has 0 aliphatic rings. The van der Waals surface area contributed by atoms with E-state index < -0.39 is 5.60 Å². The van der Waals surface area contributed by atoms with Gasteiger partial charge in [0, 0.05) is 0 Å². The van der Waals surface area contributed by atoms with Crippen molar-refractivity contribution in [1.29, 1.82) is 0 Å². The predicted octanol–water partition coefficient (Wildman–Crippen LogP) is 3.87. The molecule has 18 heavy (non-hydrogen) atoms. The average Bonchev–Trinajstić information content (AvgIpc) is 2.33. The Morgan fingerprint density at radius 2 is 1.50 bits per heavy atom. The Morgan fingerprint density at radius 1 is 0.889 bits per heavy atom. The molecule has 0 saturated carbocycles. The van der Waals surface area contributed by atoms with E-state index in [4.69, 9.17) is 0 Å². The van der Waals surface area contributed by atoms with Gasteiger partial charge in [0.25, 0.3) is 0 Å². The van der Waals surface area contributed by atoms with Crippen LogP contribution in [0.25, 0.3) is 0 Å². The fourth-order valence-electron chi connectivity index (χ4n) is 2.31. The summed E-state index contributed by atoms with van der Waals surface area (Å²) in [4.78, 5) is 0. The van der Waals surface area contributed by atoms with E-state index in [2.05, 4.69) is 26.8 Å². The van der Waals surface area contributed by atoms with Gasteiger partial charge in [-0.1, -0.05) is 48.0 Å². The van der Waals surface area contributed by atoms with Crippen LogP contribution in [0, 0.1) is 20.8 Å². The molecule has 2 aromatic rings. The molecule has 1 unspecified atom stereocenters. The van der Waals surface area contributed by atoms with Gasteiger partial charge in [0.15, 0.2) is 0 Å². The summed E-state index contributed by atoms with van der Waals surface area (Å²) in [6, 6.07) is 14.1. The van der Waals surface area contributed by atoms with Crippen LogP contribution in [0.1, 0.15) is 34.7 Å². The average molecular weight is 240 g/mol. The summed E-state index contributed by atoms with van der Waals surface area (Å²) in [7, 11) is 0. The highest BCUT2D eigenvalue weighted by molar-refractivity contribution is 5.43. The van der Waals surface area contributed by atoms with Crippen molar-refractivity contribution in [2.75, 3.05) is 0 Å². The lowest BCUT2D eigenvalue weighted by Gasteiger charge is -2.27. The molecule has 94 valence electrons. The minimum atomic E-state index is -0.941. The molecule has 0 aromatic heterocycles. The SMILES string of the molecule is Cc1ccc(C(C)(O)c2cccc(C)c2C)cc1. The Balaban J connectivity index is 2.54. The van der Waals surface area contributed by atoms with Crippen LogP contribution >= 0.6 is 0 Å². The van der Waals surface area contributed by atoms with Crippen molar-refractivity contribution >= 4 is 0 Å². The Hall–Kier alpha value is -1.60. The van der Waals surface area contributed by atoms with Crippen LogP contribution in [-0.4, -0.2) is 5.11 Å². The Morgan fingerprint density at radius 3 is 2.11 bits per heavy atom. The molecule has 1 atom stereocenters. The lowest BCUT2D eigenvalue weighted by molar-refractivity contribution is 0.101. The molecule has 0 amide bonds. The first-order chi connectivity index (χ1) is 8.43. The topological polar surface area (TPSA) is 20.2 Å². The number of rotatable bonds is 2. The van der Waals surface area contributed by atoms with Gasteiger partial charge in [-0.05, 0) is 49.9 Å². The monoisotopic (exact) mass is 240 g/mol. The van der Waals surface area contributed by atoms with Crippen molar-refractivity contribution < 1.29 is 5.11 Å². The van der Waals surface area contributed by atoms with Crippen LogP contribution < -0.4 is 0 Å². The molecule has 0 heterocycles. The first-order valence-corrected chi connectivity index (χ1v) is 6.29. The second-order valence-corrected chi connectivity index (χ2v) is 5.19. The van der Waals surface area contributed by atoms with Gasteiger partial charge in [0.2, 0.25) is 0 Å². The molecular weight excluding hydrogens is 220 g/mol. The summed E-state index contributed by atoms with van der Waals surface area (Å²) in [5.41, 5.74) is 4.54. The molecule has 0 radical (unpaired) electrons. The van der Waals surface area contributed by atoms with E-state index in [1.807, 2.05) is 43.3 Å². The van der Waals surface area contributed by atoms with Crippen molar-refractivity contribution in [2.45, 2.75) is 33.3 Å². The first-order valence-electron chi connectivity index (χ1n) is 6.29. The van der Waals surface area contributed by atoms with Gasteiger partial charge >= 0.3 is 0 Å². The molecule has 0 aliphatic carbocycles. The Labute approximate surface area is 109 Å². The van der Waals surface area contributed by atoms with Gasteiger partial charge in [-0.25, -0.2) is 0 Å². The van der Waals surface area contributed by atoms with Crippen LogP contribution in [0.15, 0.2) is 42.5 Å². The summed E-state index contributed by atoms with van der Waals surface area (Å²) in [5.74, 6) is 0. The Kier molecular flexibility index (Phi) is 3.27. The second kappa shape index (κ2) is 4.58. The van der Waals surface area contributed by atoms with E-state index in [9.17, 15) is 5.11 Å². The fourth-order valence-corrected chi connectivity index (χ4v) is 2.31. The zero-order valence-electron chi connectivity index (χ0n) is 11.5. The summed E-state index contributed by atoms with van der Waals surface area (Å²) in [5, 5.41) is 10.9. The largest absolute Gasteiger partial charge is 0.381 e. The number of hydrogen-bond donors (Lipinski definition) is 1. The minimum Gasteiger partial charge on any atom is -0.381 e. The lowest BCUT2D eigenvalue weighted by atomic mass is 9.84. The summed E-state index contributed by atoms with van der Waals surface area (Å²) < 4.78 is 0. The highest BCUT2D eigenvalue weighted by Gasteiger charge is 2.27. The van der Waals surface area contributed by atoms with E-state index in [1.54, 1.807) is 0 Å². The summed E-state index contributed by atoms with van der Waals surface area (Å²) in [6.45, 7) is 8.05. The molecule has 0 saturated heterocycles. The zero-order chi connectivity index (χ0) is 13.3. The molecule has 2 rings (SSSR count). The standard InChI is InChI=1S/C17H20O/c1-12-8-10-15(11-9-12)17(4,18)16-7-5-6-13(2)14(16)3/h5-11,18H,1-4H3. The van der Waals surface area contributed by atoms with Crippen molar-refractivity contribution in [3.05, 3.63) is 70.3 Å². The van der Waals surface area contributed by atoms with Crippen LogP contribution in [0.3, 0.4) is 0 Å². The maximum absolute atomic E-state index is 10.9. The van der Waals surface area contributed by atoms with E-state index >= 15 is 0 Å². The molecule has 1 nitrogen and oxygen atoms in total. The summed E-state index contributed by atoms with van der Waals surface area (Å²) in [6.07, 6.45) is 0. The van der Waals surface area contributed by atoms with E-state index in [-0.39, 0.29) is 0 Å². The molecular formula is C17H20O. The van der Waals surface area contributed by atoms with Gasteiger partial charge in [0.1, 0.15) is 5.60 Å². The van der Waals surface area contributed by atoms with Crippen LogP contribution in [0.4, 0.5) is 0 Å². The van der Waals surface area contributed by atoms with Crippen LogP contribution in [-0.2, 0) is 5.60 Å². The number of aliphatic hydroxyl groups is 1. The third-order valence-electron chi connectivity index (χ3n) is 3.74. The van der Waals surface area contributed by atoms with Crippen LogP contribution in [0.2, 0.25) is 0 Å². The van der Waals surface area contributed by atoms with Crippen molar-refractivity contribution in [1.82, 2.24) is 0 Å². The predicted molar refractivity (Wildman–Crippen MR) is 75.8 cm³/mol. The lowest BCUT2D eigenvalue weighted by Crippen LogP contribution is -2.24. The maximum atomic E-state index is 10.9. The maximum Gasteiger partial charge on any atom is 0.112 e. The third kappa shape index (κ3) is 2.19. The first kappa shape index (κ1) is 12.8. The van der Waals surface area contributed by atoms with Crippen molar-refractivity contribution in [2.24, 2.45) is 0 Å². The normalized spacial score (nSPS) is 14.3. The highest BCUT2D eigenvalue weighted by atomic mass is 16.3. The van der Waals surface area contributed by atoms with E-state index in [1.165, 1.54) is 11.1 Å². The van der Waals surface area contributed by atoms with Crippen LogP contribution in [0.5, 0.6) is 0 Å². The number of benzene rings is 2. The van der Waals surface area contributed by atoms with Gasteiger partial charge in [-0.3, -0.25) is 0 Å². The van der Waals surface area contributed by atoms with Gasteiger partial charge in [-0.2, -0.15) is 0 Å². The van der Waals surface area contributed by atoms with Crippen molar-refractivity contribution in [3.8, 4) is 0 Å². The molecule has 1 heteroatoms. The smallest absolute Gasteiger partial charge is 0.112 e. The molecule has 0 bridgehead atoms. The molecule has 2 aromatic carbocycles. The zero-order valence-corrected chi connectivity index (χ0v) is 11.5. The van der Waals surface area contributed by atoms with E-state index in [0.717, 1.165) is 16.7 Å². The van der Waals surface area contributed by atoms with Crippen molar-refractivity contribution in [3.63, 3.8) is 0 Å². The quantitative estimate of drug-likeness (QED) is 0.845. The molecule has 0 spiro atoms. The highest BCUT2D eigenvalue weighted by Crippen LogP contribution is 2.32. The third-order valence-corrected chi connectivity index (χ3v) is 3.74.